The van der Waals surface area contributed by atoms with Crippen molar-refractivity contribution in [1.29, 1.82) is 0 Å². The van der Waals surface area contributed by atoms with Crippen molar-refractivity contribution >= 4 is 22.4 Å². The molecule has 6 heteroatoms. The normalized spacial score (nSPS) is 18.1. The van der Waals surface area contributed by atoms with Crippen LogP contribution in [0.5, 0.6) is 0 Å². The summed E-state index contributed by atoms with van der Waals surface area (Å²) in [5, 5.41) is 8.10. The van der Waals surface area contributed by atoms with Crippen molar-refractivity contribution in [3.05, 3.63) is 71.7 Å². The van der Waals surface area contributed by atoms with Crippen LogP contribution in [0.1, 0.15) is 62.2 Å². The van der Waals surface area contributed by atoms with Crippen LogP contribution >= 0.6 is 0 Å². The summed E-state index contributed by atoms with van der Waals surface area (Å²) in [5.41, 5.74) is 9.81. The highest BCUT2D eigenvalue weighted by atomic mass is 16.3. The van der Waals surface area contributed by atoms with Crippen molar-refractivity contribution in [2.75, 3.05) is 13.1 Å². The molecule has 0 spiro atoms. The molecule has 0 radical (unpaired) electrons. The molecule has 2 aromatic heterocycles. The summed E-state index contributed by atoms with van der Waals surface area (Å²) in [5.74, 6) is 2.03. The van der Waals surface area contributed by atoms with Crippen molar-refractivity contribution in [2.45, 2.75) is 58.5 Å². The Labute approximate surface area is 218 Å². The predicted molar refractivity (Wildman–Crippen MR) is 152 cm³/mol. The van der Waals surface area contributed by atoms with Crippen LogP contribution in [0.2, 0.25) is 0 Å². The highest BCUT2D eigenvalue weighted by Gasteiger charge is 2.24. The largest absolute Gasteiger partial charge is 0.456 e. The van der Waals surface area contributed by atoms with Gasteiger partial charge in [-0.3, -0.25) is 4.99 Å². The molecule has 2 unspecified atom stereocenters. The average molecular weight is 494 g/mol. The molecule has 190 valence electrons. The number of benzene rings is 2. The van der Waals surface area contributed by atoms with Crippen molar-refractivity contribution in [3.8, 4) is 22.6 Å². The van der Waals surface area contributed by atoms with E-state index in [9.17, 15) is 0 Å². The molecule has 3 heterocycles. The van der Waals surface area contributed by atoms with E-state index in [0.29, 0.717) is 6.04 Å². The molecule has 1 saturated heterocycles. The lowest BCUT2D eigenvalue weighted by Crippen LogP contribution is -2.32. The quantitative estimate of drug-likeness (QED) is 0.259. The van der Waals surface area contributed by atoms with Gasteiger partial charge in [0, 0.05) is 33.8 Å². The molecule has 4 aromatic rings. The molecule has 0 amide bonds. The number of aryl methyl sites for hydroxylation is 2. The second-order valence-electron chi connectivity index (χ2n) is 10.3. The second kappa shape index (κ2) is 9.77. The van der Waals surface area contributed by atoms with Gasteiger partial charge in [0.25, 0.3) is 0 Å². The van der Waals surface area contributed by atoms with E-state index in [2.05, 4.69) is 84.3 Å². The summed E-state index contributed by atoms with van der Waals surface area (Å²) in [6.07, 6.45) is 6.25. The van der Waals surface area contributed by atoms with E-state index in [1.165, 1.54) is 34.1 Å². The summed E-state index contributed by atoms with van der Waals surface area (Å²) >= 11 is 0. The Bertz CT molecular complexity index is 1500. The first-order valence-electron chi connectivity index (χ1n) is 13.5. The van der Waals surface area contributed by atoms with Crippen LogP contribution in [-0.2, 0) is 12.8 Å². The van der Waals surface area contributed by atoms with Gasteiger partial charge in [0.1, 0.15) is 17.2 Å². The summed E-state index contributed by atoms with van der Waals surface area (Å²) < 4.78 is 6.42. The number of hydrogen-bond donors (Lipinski definition) is 3. The molecule has 0 bridgehead atoms. The Morgan fingerprint density at radius 2 is 2.14 bits per heavy atom. The molecule has 6 nitrogen and oxygen atoms in total. The molecule has 2 aliphatic rings. The fourth-order valence-electron chi connectivity index (χ4n) is 5.65. The first-order chi connectivity index (χ1) is 18.0. The van der Waals surface area contributed by atoms with Crippen molar-refractivity contribution in [3.63, 3.8) is 0 Å². The van der Waals surface area contributed by atoms with E-state index in [0.717, 1.165) is 72.2 Å². The minimum atomic E-state index is 0.223. The third-order valence-electron chi connectivity index (χ3n) is 7.86. The Hall–Kier alpha value is -3.48. The van der Waals surface area contributed by atoms with Crippen molar-refractivity contribution < 1.29 is 4.42 Å². The Kier molecular flexibility index (Phi) is 6.31. The number of fused-ring (bicyclic) bond motifs is 5. The van der Waals surface area contributed by atoms with Crippen LogP contribution in [0.4, 0.5) is 0 Å². The molecule has 1 fully saturated rings. The van der Waals surface area contributed by atoms with Crippen LogP contribution < -0.4 is 10.6 Å². The second-order valence-corrected chi connectivity index (χ2v) is 10.3. The van der Waals surface area contributed by atoms with Gasteiger partial charge in [-0.05, 0) is 88.0 Å². The highest BCUT2D eigenvalue weighted by Crippen LogP contribution is 2.42. The van der Waals surface area contributed by atoms with Crippen LogP contribution in [0.25, 0.3) is 39.2 Å². The van der Waals surface area contributed by atoms with E-state index < -0.39 is 0 Å². The molecular weight excluding hydrogens is 458 g/mol. The zero-order valence-corrected chi connectivity index (χ0v) is 21.9. The number of hydrogen-bond acceptors (Lipinski definition) is 5. The number of aromatic amines is 1. The minimum absolute atomic E-state index is 0.223. The van der Waals surface area contributed by atoms with Gasteiger partial charge in [-0.1, -0.05) is 25.6 Å². The van der Waals surface area contributed by atoms with E-state index >= 15 is 0 Å². The maximum atomic E-state index is 6.42. The number of rotatable bonds is 7. The van der Waals surface area contributed by atoms with E-state index in [4.69, 9.17) is 9.41 Å². The van der Waals surface area contributed by atoms with E-state index in [-0.39, 0.29) is 6.04 Å². The predicted octanol–water partition coefficient (Wildman–Crippen LogP) is 6.44. The van der Waals surface area contributed by atoms with E-state index in [1.54, 1.807) is 0 Å². The van der Waals surface area contributed by atoms with Crippen molar-refractivity contribution in [1.82, 2.24) is 20.6 Å². The van der Waals surface area contributed by atoms with Crippen LogP contribution in [0.15, 0.2) is 58.6 Å². The van der Waals surface area contributed by atoms with Gasteiger partial charge >= 0.3 is 0 Å². The molecule has 2 aromatic carbocycles. The van der Waals surface area contributed by atoms with Gasteiger partial charge in [0.05, 0.1) is 23.6 Å². The highest BCUT2D eigenvalue weighted by molar-refractivity contribution is 5.95. The van der Waals surface area contributed by atoms with Gasteiger partial charge in [0.15, 0.2) is 0 Å². The Morgan fingerprint density at radius 1 is 1.24 bits per heavy atom. The lowest BCUT2D eigenvalue weighted by molar-refractivity contribution is 0.613. The zero-order valence-electron chi connectivity index (χ0n) is 21.9. The van der Waals surface area contributed by atoms with Gasteiger partial charge in [-0.15, -0.1) is 0 Å². The lowest BCUT2D eigenvalue weighted by Gasteiger charge is -2.16. The van der Waals surface area contributed by atoms with Crippen molar-refractivity contribution in [2.24, 2.45) is 4.99 Å². The average Bonchev–Trinajstić information content (AvgIpc) is 3.67. The van der Waals surface area contributed by atoms with Gasteiger partial charge in [-0.25, -0.2) is 4.98 Å². The van der Waals surface area contributed by atoms with Crippen LogP contribution in [-0.4, -0.2) is 34.8 Å². The van der Waals surface area contributed by atoms with Gasteiger partial charge < -0.3 is 20.0 Å². The molecule has 0 saturated carbocycles. The number of nitrogens with one attached hydrogen (secondary N) is 3. The number of furan rings is 1. The Balaban J connectivity index is 1.29. The van der Waals surface area contributed by atoms with Crippen LogP contribution in [0.3, 0.4) is 0 Å². The monoisotopic (exact) mass is 493 g/mol. The third kappa shape index (κ3) is 4.45. The fourth-order valence-corrected chi connectivity index (χ4v) is 5.65. The van der Waals surface area contributed by atoms with Gasteiger partial charge in [0.2, 0.25) is 0 Å². The maximum Gasteiger partial charge on any atom is 0.138 e. The first kappa shape index (κ1) is 23.9. The number of nitrogens with zero attached hydrogens (tertiary/aromatic N) is 2. The number of H-pyrrole nitrogens is 1. The summed E-state index contributed by atoms with van der Waals surface area (Å²) in [7, 11) is 0. The topological polar surface area (TPSA) is 78.2 Å². The summed E-state index contributed by atoms with van der Waals surface area (Å²) in [4.78, 5) is 13.0. The number of imidazole rings is 1. The first-order valence-corrected chi connectivity index (χ1v) is 13.5. The smallest absolute Gasteiger partial charge is 0.138 e. The standard InChI is InChI=1S/C31H35N5O/c1-5-32-18(2)19(3)35-20(4)21-10-13-29-26(16-21)25-12-8-22-15-23(9-11-24(22)30(25)37-29)28-17-34-31(36-28)27-7-6-14-33-27/h9-11,13,15-18,27,32-33H,4-8,12,14H2,1-3H3,(H,34,36). The van der Waals surface area contributed by atoms with Crippen LogP contribution in [0, 0.1) is 0 Å². The SMILES string of the molecule is C=C(N=C(C)C(C)NCC)c1ccc2oc3c(c2c1)CCc1cc(-c2cnc(C4CCCN4)[nH]2)ccc1-3. The number of aliphatic imine (C=N–C) groups is 1. The molecule has 1 aliphatic carbocycles. The third-order valence-corrected chi connectivity index (χ3v) is 7.86. The molecular formula is C31H35N5O. The molecule has 37 heavy (non-hydrogen) atoms. The summed E-state index contributed by atoms with van der Waals surface area (Å²) in [6.45, 7) is 12.5. The van der Waals surface area contributed by atoms with E-state index in [1.807, 2.05) is 6.20 Å². The minimum Gasteiger partial charge on any atom is -0.456 e. The lowest BCUT2D eigenvalue weighted by atomic mass is 9.88. The summed E-state index contributed by atoms with van der Waals surface area (Å²) in [6, 6.07) is 13.6. The molecule has 1 aliphatic heterocycles. The maximum absolute atomic E-state index is 6.42. The molecule has 6 rings (SSSR count). The van der Waals surface area contributed by atoms with Gasteiger partial charge in [-0.2, -0.15) is 0 Å². The zero-order chi connectivity index (χ0) is 25.5. The fraction of sp³-hybridized carbons (Fsp3) is 0.355. The molecule has 2 atom stereocenters. The molecule has 3 N–H and O–H groups in total. The number of aromatic nitrogens is 2. The Morgan fingerprint density at radius 3 is 2.95 bits per heavy atom.